The van der Waals surface area contributed by atoms with Crippen molar-refractivity contribution in [1.82, 2.24) is 0 Å². The quantitative estimate of drug-likeness (QED) is 0.559. The molecule has 11 heavy (non-hydrogen) atoms. The van der Waals surface area contributed by atoms with Crippen molar-refractivity contribution in [2.45, 2.75) is 6.29 Å². The summed E-state index contributed by atoms with van der Waals surface area (Å²) in [4.78, 5) is 0. The van der Waals surface area contributed by atoms with Crippen molar-refractivity contribution >= 4 is 0 Å². The fourth-order valence-electron chi connectivity index (χ4n) is 1.00. The van der Waals surface area contributed by atoms with Crippen LogP contribution >= 0.6 is 0 Å². The van der Waals surface area contributed by atoms with Gasteiger partial charge in [-0.15, -0.1) is 0 Å². The molecule has 0 aromatic heterocycles. The molecule has 1 aromatic rings. The van der Waals surface area contributed by atoms with Gasteiger partial charge in [0.05, 0.1) is 0 Å². The minimum absolute atomic E-state index is 0.0943. The second-order valence-electron chi connectivity index (χ2n) is 2.31. The van der Waals surface area contributed by atoms with E-state index in [1.54, 1.807) is 18.2 Å². The standard InChI is InChI=1S/C8H7O3/c9-8-5-10-6-3-1-2-4-7(6)11-8/h1-4,8H,5H2. The second kappa shape index (κ2) is 2.43. The smallest absolute Gasteiger partial charge is 0.264 e. The van der Waals surface area contributed by atoms with Gasteiger partial charge in [-0.3, -0.25) is 0 Å². The van der Waals surface area contributed by atoms with Crippen LogP contribution in [0.4, 0.5) is 0 Å². The largest absolute Gasteiger partial charge is 0.483 e. The molecule has 1 aromatic carbocycles. The molecule has 0 saturated carbocycles. The summed E-state index contributed by atoms with van der Waals surface area (Å²) >= 11 is 0. The van der Waals surface area contributed by atoms with Crippen molar-refractivity contribution in [3.8, 4) is 11.5 Å². The number of rotatable bonds is 0. The summed E-state index contributed by atoms with van der Waals surface area (Å²) < 4.78 is 10.0. The van der Waals surface area contributed by atoms with Crippen LogP contribution in [0.25, 0.3) is 0 Å². The van der Waals surface area contributed by atoms with Gasteiger partial charge in [0.2, 0.25) is 0 Å². The monoisotopic (exact) mass is 151 g/mol. The zero-order valence-corrected chi connectivity index (χ0v) is 5.82. The number of para-hydroxylation sites is 2. The molecule has 0 amide bonds. The van der Waals surface area contributed by atoms with Crippen molar-refractivity contribution in [1.29, 1.82) is 0 Å². The number of hydrogen-bond acceptors (Lipinski definition) is 2. The Bertz CT molecular complexity index is 259. The van der Waals surface area contributed by atoms with Crippen molar-refractivity contribution in [3.63, 3.8) is 0 Å². The first-order valence-electron chi connectivity index (χ1n) is 3.40. The van der Waals surface area contributed by atoms with Gasteiger partial charge in [-0.2, -0.15) is 5.11 Å². The van der Waals surface area contributed by atoms with Gasteiger partial charge in [0.25, 0.3) is 6.29 Å². The lowest BCUT2D eigenvalue weighted by molar-refractivity contribution is -0.110. The van der Waals surface area contributed by atoms with Crippen molar-refractivity contribution < 1.29 is 14.6 Å². The number of benzene rings is 1. The van der Waals surface area contributed by atoms with E-state index < -0.39 is 6.29 Å². The molecule has 1 unspecified atom stereocenters. The lowest BCUT2D eigenvalue weighted by Gasteiger charge is -2.20. The van der Waals surface area contributed by atoms with Crippen LogP contribution in [0.2, 0.25) is 0 Å². The van der Waals surface area contributed by atoms with E-state index in [2.05, 4.69) is 0 Å². The van der Waals surface area contributed by atoms with Crippen molar-refractivity contribution in [3.05, 3.63) is 24.3 Å². The lowest BCUT2D eigenvalue weighted by Crippen LogP contribution is -2.26. The Balaban J connectivity index is 2.34. The third-order valence-electron chi connectivity index (χ3n) is 1.48. The Labute approximate surface area is 64.2 Å². The third kappa shape index (κ3) is 1.14. The van der Waals surface area contributed by atoms with Gasteiger partial charge in [0, 0.05) is 0 Å². The molecule has 0 bridgehead atoms. The summed E-state index contributed by atoms with van der Waals surface area (Å²) in [6.45, 7) is 0.0943. The zero-order chi connectivity index (χ0) is 7.68. The van der Waals surface area contributed by atoms with E-state index in [4.69, 9.17) is 9.47 Å². The molecule has 1 radical (unpaired) electrons. The Morgan fingerprint density at radius 1 is 1.27 bits per heavy atom. The maximum Gasteiger partial charge on any atom is 0.264 e. The molecule has 0 aliphatic carbocycles. The SMILES string of the molecule is [O]C1COc2ccccc2O1. The van der Waals surface area contributed by atoms with E-state index in [0.717, 1.165) is 0 Å². The molecular formula is C8H7O3. The molecule has 0 fully saturated rings. The van der Waals surface area contributed by atoms with Crippen LogP contribution < -0.4 is 9.47 Å². The molecule has 3 heteroatoms. The Kier molecular flexibility index (Phi) is 1.43. The van der Waals surface area contributed by atoms with Crippen LogP contribution in [0.5, 0.6) is 11.5 Å². The lowest BCUT2D eigenvalue weighted by atomic mass is 10.3. The van der Waals surface area contributed by atoms with Crippen LogP contribution in [0, 0.1) is 0 Å². The van der Waals surface area contributed by atoms with Gasteiger partial charge in [-0.1, -0.05) is 12.1 Å². The van der Waals surface area contributed by atoms with E-state index in [9.17, 15) is 5.11 Å². The Hall–Kier alpha value is -1.22. The highest BCUT2D eigenvalue weighted by Crippen LogP contribution is 2.30. The molecule has 1 aliphatic heterocycles. The molecular weight excluding hydrogens is 144 g/mol. The van der Waals surface area contributed by atoms with E-state index in [-0.39, 0.29) is 6.61 Å². The fourth-order valence-corrected chi connectivity index (χ4v) is 1.00. The maximum absolute atomic E-state index is 10.8. The Morgan fingerprint density at radius 3 is 2.82 bits per heavy atom. The summed E-state index contributed by atoms with van der Waals surface area (Å²) in [5, 5.41) is 10.8. The summed E-state index contributed by atoms with van der Waals surface area (Å²) in [6.07, 6.45) is -1.08. The van der Waals surface area contributed by atoms with Crippen molar-refractivity contribution in [2.24, 2.45) is 0 Å². The van der Waals surface area contributed by atoms with Gasteiger partial charge in [0.1, 0.15) is 0 Å². The first-order chi connectivity index (χ1) is 5.36. The van der Waals surface area contributed by atoms with Crippen LogP contribution in [-0.4, -0.2) is 12.9 Å². The molecule has 0 saturated heterocycles. The molecule has 1 aliphatic rings. The number of fused-ring (bicyclic) bond motifs is 1. The predicted octanol–water partition coefficient (Wildman–Crippen LogP) is 1.21. The average molecular weight is 151 g/mol. The summed E-state index contributed by atoms with van der Waals surface area (Å²) in [6, 6.07) is 7.15. The van der Waals surface area contributed by atoms with E-state index in [1.807, 2.05) is 6.07 Å². The highest BCUT2D eigenvalue weighted by molar-refractivity contribution is 5.40. The molecule has 3 nitrogen and oxygen atoms in total. The normalized spacial score (nSPS) is 21.4. The van der Waals surface area contributed by atoms with E-state index in [1.165, 1.54) is 0 Å². The first-order valence-corrected chi connectivity index (χ1v) is 3.40. The first kappa shape index (κ1) is 6.49. The summed E-state index contributed by atoms with van der Waals surface area (Å²) in [7, 11) is 0. The van der Waals surface area contributed by atoms with Crippen molar-refractivity contribution in [2.75, 3.05) is 6.61 Å². The van der Waals surface area contributed by atoms with E-state index >= 15 is 0 Å². The Morgan fingerprint density at radius 2 is 2.00 bits per heavy atom. The van der Waals surface area contributed by atoms with Gasteiger partial charge < -0.3 is 9.47 Å². The third-order valence-corrected chi connectivity index (χ3v) is 1.48. The molecule has 57 valence electrons. The van der Waals surface area contributed by atoms with Gasteiger partial charge in [-0.25, -0.2) is 0 Å². The molecule has 2 rings (SSSR count). The zero-order valence-electron chi connectivity index (χ0n) is 5.82. The van der Waals surface area contributed by atoms with Crippen LogP contribution in [-0.2, 0) is 5.11 Å². The minimum atomic E-state index is -1.08. The van der Waals surface area contributed by atoms with Crippen LogP contribution in [0.1, 0.15) is 0 Å². The molecule has 1 heterocycles. The molecule has 0 spiro atoms. The predicted molar refractivity (Wildman–Crippen MR) is 37.0 cm³/mol. The van der Waals surface area contributed by atoms with Gasteiger partial charge in [0.15, 0.2) is 18.1 Å². The van der Waals surface area contributed by atoms with Gasteiger partial charge in [-0.05, 0) is 12.1 Å². The summed E-state index contributed by atoms with van der Waals surface area (Å²) in [5.74, 6) is 1.19. The minimum Gasteiger partial charge on any atom is -0.483 e. The molecule has 0 N–H and O–H groups in total. The van der Waals surface area contributed by atoms with E-state index in [0.29, 0.717) is 11.5 Å². The number of ether oxygens (including phenoxy) is 2. The van der Waals surface area contributed by atoms with Gasteiger partial charge >= 0.3 is 0 Å². The fraction of sp³-hybridized carbons (Fsp3) is 0.250. The highest BCUT2D eigenvalue weighted by Gasteiger charge is 2.18. The maximum atomic E-state index is 10.8. The summed E-state index contributed by atoms with van der Waals surface area (Å²) in [5.41, 5.74) is 0. The number of hydrogen-bond donors (Lipinski definition) is 0. The van der Waals surface area contributed by atoms with Crippen LogP contribution in [0.15, 0.2) is 24.3 Å². The molecule has 1 atom stereocenters. The topological polar surface area (TPSA) is 38.4 Å². The average Bonchev–Trinajstić information content (AvgIpc) is 2.04. The second-order valence-corrected chi connectivity index (χ2v) is 2.31. The highest BCUT2D eigenvalue weighted by atomic mass is 16.7. The van der Waals surface area contributed by atoms with Crippen LogP contribution in [0.3, 0.4) is 0 Å².